The summed E-state index contributed by atoms with van der Waals surface area (Å²) in [6, 6.07) is 22.7. The number of carbonyl (C=O) groups excluding carboxylic acids is 1. The van der Waals surface area contributed by atoms with Crippen molar-refractivity contribution in [1.82, 2.24) is 9.97 Å². The highest BCUT2D eigenvalue weighted by molar-refractivity contribution is 6.38. The maximum absolute atomic E-state index is 12.5. The summed E-state index contributed by atoms with van der Waals surface area (Å²) in [6.07, 6.45) is 1.73. The van der Waals surface area contributed by atoms with Crippen LogP contribution in [0.15, 0.2) is 79.0 Å². The number of hydrogen-bond acceptors (Lipinski definition) is 3. The summed E-state index contributed by atoms with van der Waals surface area (Å²) >= 11 is 12.7. The Hall–Kier alpha value is -2.95. The minimum Gasteiger partial charge on any atom is -0.301 e. The average molecular weight is 420 g/mol. The fraction of sp³-hybridized carbons (Fsp3) is 0.0870. The highest BCUT2D eigenvalue weighted by Crippen LogP contribution is 2.44. The number of aromatic nitrogens is 2. The van der Waals surface area contributed by atoms with Crippen LogP contribution in [0.3, 0.4) is 0 Å². The molecule has 1 amide bonds. The number of pyridine rings is 2. The van der Waals surface area contributed by atoms with E-state index in [1.807, 2.05) is 72.8 Å². The first kappa shape index (κ1) is 18.1. The summed E-state index contributed by atoms with van der Waals surface area (Å²) in [5, 5.41) is 0.975. The van der Waals surface area contributed by atoms with Gasteiger partial charge in [0.05, 0.1) is 11.7 Å². The molecule has 4 nitrogen and oxygen atoms in total. The van der Waals surface area contributed by atoms with E-state index in [-0.39, 0.29) is 11.9 Å². The lowest BCUT2D eigenvalue weighted by atomic mass is 9.92. The zero-order chi connectivity index (χ0) is 20.0. The van der Waals surface area contributed by atoms with Crippen LogP contribution in [0.25, 0.3) is 22.3 Å². The summed E-state index contributed by atoms with van der Waals surface area (Å²) in [7, 11) is 0. The second kappa shape index (κ2) is 7.14. The third kappa shape index (κ3) is 3.05. The van der Waals surface area contributed by atoms with Gasteiger partial charge in [0.1, 0.15) is 5.38 Å². The van der Waals surface area contributed by atoms with Gasteiger partial charge in [0.15, 0.2) is 5.65 Å². The van der Waals surface area contributed by atoms with Crippen molar-refractivity contribution < 1.29 is 4.79 Å². The summed E-state index contributed by atoms with van der Waals surface area (Å²) in [5.41, 5.74) is 4.11. The lowest BCUT2D eigenvalue weighted by Gasteiger charge is -2.44. The molecule has 0 bridgehead atoms. The van der Waals surface area contributed by atoms with Crippen molar-refractivity contribution in [2.45, 2.75) is 11.4 Å². The number of rotatable bonds is 3. The van der Waals surface area contributed by atoms with Gasteiger partial charge in [-0.15, -0.1) is 11.6 Å². The van der Waals surface area contributed by atoms with Crippen molar-refractivity contribution in [3.63, 3.8) is 0 Å². The molecule has 4 aromatic rings. The topological polar surface area (TPSA) is 46.1 Å². The van der Waals surface area contributed by atoms with Crippen molar-refractivity contribution in [2.75, 3.05) is 4.90 Å². The number of halogens is 2. The van der Waals surface area contributed by atoms with Crippen LogP contribution < -0.4 is 4.90 Å². The van der Waals surface area contributed by atoms with Crippen LogP contribution in [0.5, 0.6) is 0 Å². The second-order valence-electron chi connectivity index (χ2n) is 6.87. The van der Waals surface area contributed by atoms with Gasteiger partial charge in [0, 0.05) is 27.9 Å². The highest BCUT2D eigenvalue weighted by Gasteiger charge is 2.48. The van der Waals surface area contributed by atoms with Crippen molar-refractivity contribution >= 4 is 45.8 Å². The first-order valence-electron chi connectivity index (χ1n) is 9.17. The Balaban J connectivity index is 1.47. The van der Waals surface area contributed by atoms with E-state index in [1.165, 1.54) is 0 Å². The molecule has 1 fully saturated rings. The molecule has 2 atom stereocenters. The van der Waals surface area contributed by atoms with E-state index in [0.29, 0.717) is 10.7 Å². The smallest absolute Gasteiger partial charge is 0.248 e. The Morgan fingerprint density at radius 1 is 0.897 bits per heavy atom. The molecule has 0 spiro atoms. The molecule has 0 aliphatic carbocycles. The van der Waals surface area contributed by atoms with Crippen LogP contribution in [0, 0.1) is 0 Å². The van der Waals surface area contributed by atoms with Gasteiger partial charge in [-0.3, -0.25) is 4.79 Å². The fourth-order valence-electron chi connectivity index (χ4n) is 3.66. The molecule has 0 saturated carbocycles. The molecular formula is C23H15Cl2N3O. The number of anilines is 1. The molecule has 1 aliphatic rings. The lowest BCUT2D eigenvalue weighted by Crippen LogP contribution is -2.56. The Kier molecular flexibility index (Phi) is 4.46. The third-order valence-electron chi connectivity index (χ3n) is 5.16. The predicted octanol–water partition coefficient (Wildman–Crippen LogP) is 5.65. The van der Waals surface area contributed by atoms with Crippen molar-refractivity contribution in [2.24, 2.45) is 0 Å². The summed E-state index contributed by atoms with van der Waals surface area (Å²) < 4.78 is 0. The summed E-state index contributed by atoms with van der Waals surface area (Å²) in [4.78, 5) is 23.1. The van der Waals surface area contributed by atoms with E-state index in [1.54, 1.807) is 11.1 Å². The maximum Gasteiger partial charge on any atom is 0.248 e. The summed E-state index contributed by atoms with van der Waals surface area (Å²) in [6.45, 7) is 0. The monoisotopic (exact) mass is 419 g/mol. The first-order chi connectivity index (χ1) is 14.1. The number of benzene rings is 2. The number of nitrogens with zero attached hydrogens (tertiary/aromatic N) is 3. The molecule has 1 aliphatic heterocycles. The van der Waals surface area contributed by atoms with E-state index in [2.05, 4.69) is 9.97 Å². The number of amides is 1. The quantitative estimate of drug-likeness (QED) is 0.318. The Labute approximate surface area is 177 Å². The van der Waals surface area contributed by atoms with Crippen LogP contribution >= 0.6 is 23.2 Å². The number of fused-ring (bicyclic) bond motifs is 1. The molecule has 29 heavy (non-hydrogen) atoms. The summed E-state index contributed by atoms with van der Waals surface area (Å²) in [5.74, 6) is -0.127. The van der Waals surface area contributed by atoms with Gasteiger partial charge in [0.2, 0.25) is 5.91 Å². The van der Waals surface area contributed by atoms with Crippen LogP contribution in [0.2, 0.25) is 5.02 Å². The largest absolute Gasteiger partial charge is 0.301 e. The van der Waals surface area contributed by atoms with Crippen molar-refractivity contribution in [3.8, 4) is 11.3 Å². The van der Waals surface area contributed by atoms with Crippen LogP contribution in [0.4, 0.5) is 5.69 Å². The molecule has 1 saturated heterocycles. The Morgan fingerprint density at radius 2 is 1.69 bits per heavy atom. The zero-order valence-electron chi connectivity index (χ0n) is 15.2. The van der Waals surface area contributed by atoms with E-state index >= 15 is 0 Å². The van der Waals surface area contributed by atoms with E-state index in [0.717, 1.165) is 27.9 Å². The average Bonchev–Trinajstić information content (AvgIpc) is 2.77. The Morgan fingerprint density at radius 3 is 2.48 bits per heavy atom. The molecule has 2 aromatic carbocycles. The maximum atomic E-state index is 12.5. The molecule has 0 radical (unpaired) electrons. The minimum absolute atomic E-state index is 0.127. The normalized spacial score (nSPS) is 18.7. The predicted molar refractivity (Wildman–Crippen MR) is 116 cm³/mol. The minimum atomic E-state index is -0.622. The second-order valence-corrected chi connectivity index (χ2v) is 7.75. The SMILES string of the molecule is O=C1C(Cl)C(c2ccccc2Cl)N1c1ccc(-c2ccc3cccnc3n2)cc1. The number of hydrogen-bond donors (Lipinski definition) is 0. The molecule has 0 N–H and O–H groups in total. The molecule has 3 heterocycles. The molecule has 2 aromatic heterocycles. The molecule has 142 valence electrons. The van der Waals surface area contributed by atoms with Gasteiger partial charge >= 0.3 is 0 Å². The number of carbonyl (C=O) groups is 1. The third-order valence-corrected chi connectivity index (χ3v) is 5.93. The zero-order valence-corrected chi connectivity index (χ0v) is 16.7. The van der Waals surface area contributed by atoms with Gasteiger partial charge in [-0.05, 0) is 48.0 Å². The Bertz CT molecular complexity index is 1230. The van der Waals surface area contributed by atoms with Gasteiger partial charge in [-0.2, -0.15) is 0 Å². The van der Waals surface area contributed by atoms with E-state index in [4.69, 9.17) is 23.2 Å². The number of β-lactam (4-membered cyclic amide) rings is 1. The van der Waals surface area contributed by atoms with Gasteiger partial charge < -0.3 is 4.90 Å². The van der Waals surface area contributed by atoms with E-state index in [9.17, 15) is 4.79 Å². The van der Waals surface area contributed by atoms with Crippen LogP contribution in [0.1, 0.15) is 11.6 Å². The fourth-order valence-corrected chi connectivity index (χ4v) is 4.26. The first-order valence-corrected chi connectivity index (χ1v) is 9.99. The van der Waals surface area contributed by atoms with Crippen LogP contribution in [-0.2, 0) is 4.79 Å². The van der Waals surface area contributed by atoms with Crippen molar-refractivity contribution in [1.29, 1.82) is 0 Å². The highest BCUT2D eigenvalue weighted by atomic mass is 35.5. The molecule has 5 rings (SSSR count). The van der Waals surface area contributed by atoms with Crippen molar-refractivity contribution in [3.05, 3.63) is 89.6 Å². The van der Waals surface area contributed by atoms with Gasteiger partial charge in [0.25, 0.3) is 0 Å². The molecular weight excluding hydrogens is 405 g/mol. The van der Waals surface area contributed by atoms with Gasteiger partial charge in [-0.25, -0.2) is 9.97 Å². The van der Waals surface area contributed by atoms with Crippen LogP contribution in [-0.4, -0.2) is 21.3 Å². The van der Waals surface area contributed by atoms with Gasteiger partial charge in [-0.1, -0.05) is 41.9 Å². The molecule has 6 heteroatoms. The number of alkyl halides is 1. The van der Waals surface area contributed by atoms with E-state index < -0.39 is 5.38 Å². The lowest BCUT2D eigenvalue weighted by molar-refractivity contribution is -0.123. The standard InChI is InChI=1S/C23H15Cl2N3O/c24-18-6-2-1-5-17(18)21-20(25)23(29)28(21)16-10-7-14(8-11-16)19-12-9-15-4-3-13-26-22(15)27-19/h1-13,20-21H. The molecule has 2 unspecified atom stereocenters.